The number of carbonyl (C=O) groups is 1. The van der Waals surface area contributed by atoms with Crippen LogP contribution in [0.25, 0.3) is 10.4 Å². The van der Waals surface area contributed by atoms with Crippen LogP contribution in [-0.2, 0) is 26.3 Å². The van der Waals surface area contributed by atoms with Crippen molar-refractivity contribution in [1.82, 2.24) is 15.0 Å². The Bertz CT molecular complexity index is 1460. The van der Waals surface area contributed by atoms with Gasteiger partial charge in [0.2, 0.25) is 10.0 Å². The van der Waals surface area contributed by atoms with Gasteiger partial charge < -0.3 is 5.32 Å². The fourth-order valence-corrected chi connectivity index (χ4v) is 9.00. The van der Waals surface area contributed by atoms with E-state index in [9.17, 15) is 34.8 Å². The molecule has 8 nitrogen and oxygen atoms in total. The summed E-state index contributed by atoms with van der Waals surface area (Å²) in [4.78, 5) is 17.5. The maximum atomic E-state index is 13.0. The van der Waals surface area contributed by atoms with Crippen LogP contribution in [0.1, 0.15) is 54.5 Å². The Balaban J connectivity index is 1.64. The maximum absolute atomic E-state index is 13.0. The van der Waals surface area contributed by atoms with E-state index in [1.54, 1.807) is 4.72 Å². The number of carbonyl (C=O) groups excluding carboxylic acids is 1. The lowest BCUT2D eigenvalue weighted by Gasteiger charge is -2.25. The van der Waals surface area contributed by atoms with Gasteiger partial charge in [0, 0.05) is 11.6 Å². The molecule has 0 radical (unpaired) electrons. The van der Waals surface area contributed by atoms with Crippen molar-refractivity contribution in [3.8, 4) is 10.4 Å². The highest BCUT2D eigenvalue weighted by Gasteiger charge is 2.39. The van der Waals surface area contributed by atoms with Crippen molar-refractivity contribution >= 4 is 60.3 Å². The van der Waals surface area contributed by atoms with Crippen LogP contribution in [0.4, 0.5) is 13.2 Å². The first-order valence-electron chi connectivity index (χ1n) is 12.2. The van der Waals surface area contributed by atoms with Gasteiger partial charge in [0.15, 0.2) is 5.01 Å². The van der Waals surface area contributed by atoms with E-state index in [1.807, 2.05) is 0 Å². The first-order chi connectivity index (χ1) is 18.1. The minimum Gasteiger partial charge on any atom is -0.347 e. The van der Waals surface area contributed by atoms with Crippen molar-refractivity contribution in [2.24, 2.45) is 5.92 Å². The van der Waals surface area contributed by atoms with E-state index < -0.39 is 47.9 Å². The number of thiazole rings is 1. The van der Waals surface area contributed by atoms with Crippen LogP contribution in [-0.4, -0.2) is 57.5 Å². The van der Waals surface area contributed by atoms with Gasteiger partial charge in [0.05, 0.1) is 32.1 Å². The number of sulfone groups is 1. The molecule has 2 aromatic rings. The van der Waals surface area contributed by atoms with E-state index in [4.69, 9.17) is 23.2 Å². The predicted octanol–water partition coefficient (Wildman–Crippen LogP) is 5.00. The van der Waals surface area contributed by atoms with Crippen LogP contribution < -0.4 is 10.0 Å². The molecule has 216 valence electrons. The van der Waals surface area contributed by atoms with Gasteiger partial charge in [-0.3, -0.25) is 4.79 Å². The highest BCUT2D eigenvalue weighted by molar-refractivity contribution is 7.91. The predicted molar refractivity (Wildman–Crippen MR) is 144 cm³/mol. The molecule has 2 aliphatic rings. The first kappa shape index (κ1) is 30.5. The molecule has 4 rings (SSSR count). The molecular formula is C23H26Cl2F3N3O5S3. The third-order valence-corrected chi connectivity index (χ3v) is 12.3. The number of rotatable bonds is 8. The number of nitrogens with one attached hydrogen (secondary N) is 2. The molecule has 2 heterocycles. The summed E-state index contributed by atoms with van der Waals surface area (Å²) < 4.78 is 89.1. The second kappa shape index (κ2) is 11.4. The second-order valence-corrected chi connectivity index (χ2v) is 15.6. The van der Waals surface area contributed by atoms with Crippen molar-refractivity contribution < 1.29 is 34.8 Å². The summed E-state index contributed by atoms with van der Waals surface area (Å²) in [7, 11) is -7.75. The average molecular weight is 649 g/mol. The van der Waals surface area contributed by atoms with Crippen molar-refractivity contribution in [2.75, 3.05) is 11.5 Å². The molecule has 0 bridgehead atoms. The van der Waals surface area contributed by atoms with E-state index >= 15 is 0 Å². The van der Waals surface area contributed by atoms with Gasteiger partial charge in [0.1, 0.15) is 20.8 Å². The SMILES string of the molecule is C[C@H](NS(=O)(=O)c1ccc(-c2sc(C(=O)NC3CCS(=O)(=O)CC3)nc2CC2CCC2)c(Cl)c1Cl)C(F)(F)F. The number of hydrogen-bond acceptors (Lipinski definition) is 7. The Hall–Kier alpha value is -1.45. The quantitative estimate of drug-likeness (QED) is 0.416. The monoisotopic (exact) mass is 647 g/mol. The molecule has 1 aromatic heterocycles. The molecule has 1 aliphatic carbocycles. The number of aromatic nitrogens is 1. The Morgan fingerprint density at radius 1 is 1.15 bits per heavy atom. The third kappa shape index (κ3) is 7.07. The number of amides is 1. The lowest BCUT2D eigenvalue weighted by molar-refractivity contribution is -0.147. The van der Waals surface area contributed by atoms with Gasteiger partial charge in [-0.05, 0) is 38.2 Å². The van der Waals surface area contributed by atoms with Crippen molar-refractivity contribution in [2.45, 2.75) is 68.6 Å². The Labute approximate surface area is 238 Å². The van der Waals surface area contributed by atoms with Crippen molar-refractivity contribution in [1.29, 1.82) is 0 Å². The number of sulfonamides is 1. The molecule has 2 N–H and O–H groups in total. The van der Waals surface area contributed by atoms with Gasteiger partial charge in [-0.25, -0.2) is 21.8 Å². The largest absolute Gasteiger partial charge is 0.404 e. The van der Waals surface area contributed by atoms with Gasteiger partial charge in [-0.1, -0.05) is 48.5 Å². The first-order valence-corrected chi connectivity index (χ1v) is 17.0. The summed E-state index contributed by atoms with van der Waals surface area (Å²) in [5, 5.41) is 2.33. The summed E-state index contributed by atoms with van der Waals surface area (Å²) in [5.41, 5.74) is 0.887. The Kier molecular flexibility index (Phi) is 8.95. The van der Waals surface area contributed by atoms with Crippen LogP contribution in [0.5, 0.6) is 0 Å². The zero-order chi connectivity index (χ0) is 28.8. The second-order valence-electron chi connectivity index (χ2n) is 9.82. The standard InChI is InChI=1S/C23H26Cl2F3N3O5S3/c1-12(23(26,27)28)31-39(35,36)17-6-5-15(18(24)19(17)25)20-16(11-13-3-2-4-13)30-22(37-20)21(32)29-14-7-9-38(33,34)10-8-14/h5-6,12-14,31H,2-4,7-11H2,1H3,(H,29,32)/t12-/m0/s1. The normalized spacial score (nSPS) is 19.4. The van der Waals surface area contributed by atoms with E-state index in [1.165, 1.54) is 6.07 Å². The molecule has 1 aromatic carbocycles. The fourth-order valence-electron chi connectivity index (χ4n) is 4.33. The van der Waals surface area contributed by atoms with Crippen LogP contribution in [0.15, 0.2) is 17.0 Å². The fraction of sp³-hybridized carbons (Fsp3) is 0.565. The van der Waals surface area contributed by atoms with Gasteiger partial charge in [-0.2, -0.15) is 17.9 Å². The van der Waals surface area contributed by atoms with Crippen LogP contribution >= 0.6 is 34.5 Å². The van der Waals surface area contributed by atoms with Crippen molar-refractivity contribution in [3.63, 3.8) is 0 Å². The van der Waals surface area contributed by atoms with Gasteiger partial charge in [0.25, 0.3) is 5.91 Å². The van der Waals surface area contributed by atoms with Gasteiger partial charge in [-0.15, -0.1) is 11.3 Å². The van der Waals surface area contributed by atoms with Crippen LogP contribution in [0.2, 0.25) is 10.0 Å². The molecule has 16 heteroatoms. The number of nitrogens with zero attached hydrogens (tertiary/aromatic N) is 1. The summed E-state index contributed by atoms with van der Waals surface area (Å²) in [5.74, 6) is -0.119. The number of benzene rings is 1. The number of alkyl halides is 3. The number of halogens is 5. The topological polar surface area (TPSA) is 122 Å². The van der Waals surface area contributed by atoms with Gasteiger partial charge >= 0.3 is 6.18 Å². The minimum atomic E-state index is -4.80. The van der Waals surface area contributed by atoms with E-state index in [0.29, 0.717) is 48.2 Å². The Morgan fingerprint density at radius 2 is 1.79 bits per heavy atom. The average Bonchev–Trinajstić information content (AvgIpc) is 3.22. The molecule has 0 spiro atoms. The smallest absolute Gasteiger partial charge is 0.347 e. The van der Waals surface area contributed by atoms with E-state index in [-0.39, 0.29) is 27.6 Å². The van der Waals surface area contributed by atoms with Crippen molar-refractivity contribution in [3.05, 3.63) is 32.9 Å². The molecule has 1 aliphatic heterocycles. The molecular weight excluding hydrogens is 622 g/mol. The van der Waals surface area contributed by atoms with E-state index in [0.717, 1.165) is 36.7 Å². The van der Waals surface area contributed by atoms with Crippen LogP contribution in [0.3, 0.4) is 0 Å². The molecule has 39 heavy (non-hydrogen) atoms. The lowest BCUT2D eigenvalue weighted by Crippen LogP contribution is -2.43. The molecule has 1 saturated heterocycles. The molecule has 2 fully saturated rings. The highest BCUT2D eigenvalue weighted by atomic mass is 35.5. The zero-order valence-corrected chi connectivity index (χ0v) is 24.6. The summed E-state index contributed by atoms with van der Waals surface area (Å²) in [6, 6.07) is -0.244. The van der Waals surface area contributed by atoms with Crippen LogP contribution in [0, 0.1) is 5.92 Å². The molecule has 1 atom stereocenters. The minimum absolute atomic E-state index is 0.00599. The summed E-state index contributed by atoms with van der Waals surface area (Å²) in [6.45, 7) is 0.671. The number of hydrogen-bond donors (Lipinski definition) is 2. The maximum Gasteiger partial charge on any atom is 0.404 e. The lowest BCUT2D eigenvalue weighted by atomic mass is 9.82. The van der Waals surface area contributed by atoms with E-state index in [2.05, 4.69) is 10.3 Å². The summed E-state index contributed by atoms with van der Waals surface area (Å²) >= 11 is 13.8. The highest BCUT2D eigenvalue weighted by Crippen LogP contribution is 2.43. The molecule has 1 amide bonds. The molecule has 1 saturated carbocycles. The summed E-state index contributed by atoms with van der Waals surface area (Å²) in [6.07, 6.45) is -0.581. The Morgan fingerprint density at radius 3 is 2.36 bits per heavy atom. The molecule has 0 unspecified atom stereocenters. The zero-order valence-electron chi connectivity index (χ0n) is 20.6. The third-order valence-electron chi connectivity index (χ3n) is 6.89.